The molecule has 0 unspecified atom stereocenters. The average molecular weight is 241 g/mol. The van der Waals surface area contributed by atoms with Gasteiger partial charge in [-0.25, -0.2) is 0 Å². The van der Waals surface area contributed by atoms with Crippen molar-refractivity contribution in [3.8, 4) is 5.75 Å². The minimum Gasteiger partial charge on any atom is -0.496 e. The fourth-order valence-corrected chi connectivity index (χ4v) is 1.86. The first-order valence-electron chi connectivity index (χ1n) is 5.45. The molecule has 0 saturated heterocycles. The summed E-state index contributed by atoms with van der Waals surface area (Å²) in [5.74, 6) is 0.860. The standard InChI is InChI=1S/C12H17ClN2O/c1-16-11-3-2-10(13)6-9(11)7-15-8-12(14)4-5-12/h2-3,6,15H,4-5,7-8,14H2,1H3. The first-order chi connectivity index (χ1) is 7.63. The number of halogens is 1. The third-order valence-electron chi connectivity index (χ3n) is 2.93. The molecule has 0 atom stereocenters. The van der Waals surface area contributed by atoms with Crippen molar-refractivity contribution in [2.45, 2.75) is 24.9 Å². The van der Waals surface area contributed by atoms with Crippen LogP contribution in [0.2, 0.25) is 5.02 Å². The second-order valence-corrected chi connectivity index (χ2v) is 4.86. The minimum atomic E-state index is 0.0335. The van der Waals surface area contributed by atoms with Crippen LogP contribution < -0.4 is 15.8 Å². The van der Waals surface area contributed by atoms with Crippen LogP contribution in [0.3, 0.4) is 0 Å². The first-order valence-corrected chi connectivity index (χ1v) is 5.83. The number of nitrogens with two attached hydrogens (primary N) is 1. The lowest BCUT2D eigenvalue weighted by Crippen LogP contribution is -2.35. The molecule has 0 heterocycles. The van der Waals surface area contributed by atoms with E-state index in [4.69, 9.17) is 22.1 Å². The van der Waals surface area contributed by atoms with E-state index in [9.17, 15) is 0 Å². The first kappa shape index (κ1) is 11.7. The van der Waals surface area contributed by atoms with Gasteiger partial charge in [-0.3, -0.25) is 0 Å². The molecule has 1 aliphatic rings. The minimum absolute atomic E-state index is 0.0335. The summed E-state index contributed by atoms with van der Waals surface area (Å²) >= 11 is 5.95. The van der Waals surface area contributed by atoms with Crippen molar-refractivity contribution in [3.05, 3.63) is 28.8 Å². The Balaban J connectivity index is 1.94. The van der Waals surface area contributed by atoms with Crippen molar-refractivity contribution < 1.29 is 4.74 Å². The Morgan fingerprint density at radius 3 is 2.88 bits per heavy atom. The van der Waals surface area contributed by atoms with Crippen molar-refractivity contribution in [1.29, 1.82) is 0 Å². The van der Waals surface area contributed by atoms with Crippen LogP contribution in [0.15, 0.2) is 18.2 Å². The Morgan fingerprint density at radius 2 is 2.25 bits per heavy atom. The summed E-state index contributed by atoms with van der Waals surface area (Å²) in [6.45, 7) is 1.59. The number of ether oxygens (including phenoxy) is 1. The molecule has 1 aromatic rings. The number of nitrogens with one attached hydrogen (secondary N) is 1. The molecule has 3 nitrogen and oxygen atoms in total. The molecule has 3 N–H and O–H groups in total. The van der Waals surface area contributed by atoms with E-state index in [0.717, 1.165) is 42.3 Å². The zero-order valence-corrected chi connectivity index (χ0v) is 10.2. The summed E-state index contributed by atoms with van der Waals surface area (Å²) in [5.41, 5.74) is 7.09. The number of rotatable bonds is 5. The Morgan fingerprint density at radius 1 is 1.50 bits per heavy atom. The smallest absolute Gasteiger partial charge is 0.123 e. The Labute approximate surface area is 101 Å². The molecule has 0 aliphatic heterocycles. The fraction of sp³-hybridized carbons (Fsp3) is 0.500. The topological polar surface area (TPSA) is 47.3 Å². The van der Waals surface area contributed by atoms with Gasteiger partial charge < -0.3 is 15.8 Å². The molecule has 1 aliphatic carbocycles. The molecule has 0 radical (unpaired) electrons. The van der Waals surface area contributed by atoms with E-state index < -0.39 is 0 Å². The zero-order valence-electron chi connectivity index (χ0n) is 9.42. The van der Waals surface area contributed by atoms with E-state index >= 15 is 0 Å². The predicted molar refractivity (Wildman–Crippen MR) is 65.9 cm³/mol. The summed E-state index contributed by atoms with van der Waals surface area (Å²) in [7, 11) is 1.66. The van der Waals surface area contributed by atoms with Crippen molar-refractivity contribution in [2.75, 3.05) is 13.7 Å². The van der Waals surface area contributed by atoms with Crippen molar-refractivity contribution in [1.82, 2.24) is 5.32 Å². The summed E-state index contributed by atoms with van der Waals surface area (Å²) < 4.78 is 5.27. The van der Waals surface area contributed by atoms with Crippen LogP contribution in [-0.2, 0) is 6.54 Å². The highest BCUT2D eigenvalue weighted by Gasteiger charge is 2.37. The van der Waals surface area contributed by atoms with Crippen molar-refractivity contribution in [3.63, 3.8) is 0 Å². The highest BCUT2D eigenvalue weighted by atomic mass is 35.5. The molecule has 16 heavy (non-hydrogen) atoms. The molecular weight excluding hydrogens is 224 g/mol. The molecule has 0 amide bonds. The lowest BCUT2D eigenvalue weighted by molar-refractivity contribution is 0.407. The van der Waals surface area contributed by atoms with Gasteiger partial charge in [0.15, 0.2) is 0 Å². The van der Waals surface area contributed by atoms with Gasteiger partial charge in [-0.1, -0.05) is 11.6 Å². The summed E-state index contributed by atoms with van der Waals surface area (Å²) in [5, 5.41) is 4.07. The van der Waals surface area contributed by atoms with Gasteiger partial charge in [0, 0.05) is 29.2 Å². The van der Waals surface area contributed by atoms with Gasteiger partial charge in [0.25, 0.3) is 0 Å². The molecule has 4 heteroatoms. The van der Waals surface area contributed by atoms with Gasteiger partial charge in [0.1, 0.15) is 5.75 Å². The molecule has 0 spiro atoms. The fourth-order valence-electron chi connectivity index (χ4n) is 1.67. The normalized spacial score (nSPS) is 17.2. The summed E-state index contributed by atoms with van der Waals surface area (Å²) in [4.78, 5) is 0. The maximum Gasteiger partial charge on any atom is 0.123 e. The highest BCUT2D eigenvalue weighted by molar-refractivity contribution is 6.30. The van der Waals surface area contributed by atoms with E-state index in [2.05, 4.69) is 5.32 Å². The van der Waals surface area contributed by atoms with Crippen molar-refractivity contribution in [2.24, 2.45) is 5.73 Å². The van der Waals surface area contributed by atoms with Crippen LogP contribution in [0.1, 0.15) is 18.4 Å². The van der Waals surface area contributed by atoms with Gasteiger partial charge in [-0.05, 0) is 31.0 Å². The van der Waals surface area contributed by atoms with Gasteiger partial charge in [0.05, 0.1) is 7.11 Å². The molecule has 1 saturated carbocycles. The average Bonchev–Trinajstić information content (AvgIpc) is 2.97. The van der Waals surface area contributed by atoms with Crippen LogP contribution in [0, 0.1) is 0 Å². The second kappa shape index (κ2) is 4.62. The molecule has 88 valence electrons. The second-order valence-electron chi connectivity index (χ2n) is 4.42. The third kappa shape index (κ3) is 2.88. The largest absolute Gasteiger partial charge is 0.496 e. The number of benzene rings is 1. The SMILES string of the molecule is COc1ccc(Cl)cc1CNCC1(N)CC1. The van der Waals surface area contributed by atoms with E-state index in [1.165, 1.54) is 0 Å². The summed E-state index contributed by atoms with van der Waals surface area (Å²) in [6, 6.07) is 5.63. The Kier molecular flexibility index (Phi) is 3.38. The number of methoxy groups -OCH3 is 1. The van der Waals surface area contributed by atoms with Crippen LogP contribution in [0.25, 0.3) is 0 Å². The molecule has 1 fully saturated rings. The van der Waals surface area contributed by atoms with Crippen LogP contribution in [-0.4, -0.2) is 19.2 Å². The van der Waals surface area contributed by atoms with E-state index in [1.54, 1.807) is 7.11 Å². The predicted octanol–water partition coefficient (Wildman–Crippen LogP) is 1.93. The molecule has 2 rings (SSSR count). The van der Waals surface area contributed by atoms with Crippen molar-refractivity contribution >= 4 is 11.6 Å². The number of hydrogen-bond donors (Lipinski definition) is 2. The monoisotopic (exact) mass is 240 g/mol. The molecule has 0 bridgehead atoms. The maximum absolute atomic E-state index is 5.99. The zero-order chi connectivity index (χ0) is 11.6. The van der Waals surface area contributed by atoms with Gasteiger partial charge >= 0.3 is 0 Å². The Hall–Kier alpha value is -0.770. The van der Waals surface area contributed by atoms with Gasteiger partial charge in [0.2, 0.25) is 0 Å². The molecule has 1 aromatic carbocycles. The Bertz CT molecular complexity index is 377. The maximum atomic E-state index is 5.99. The van der Waals surface area contributed by atoms with E-state index in [1.807, 2.05) is 18.2 Å². The third-order valence-corrected chi connectivity index (χ3v) is 3.16. The summed E-state index contributed by atoms with van der Waals surface area (Å²) in [6.07, 6.45) is 2.24. The van der Waals surface area contributed by atoms with Crippen LogP contribution in [0.4, 0.5) is 0 Å². The lowest BCUT2D eigenvalue weighted by atomic mass is 10.2. The van der Waals surface area contributed by atoms with E-state index in [0.29, 0.717) is 0 Å². The highest BCUT2D eigenvalue weighted by Crippen LogP contribution is 2.31. The van der Waals surface area contributed by atoms with Gasteiger partial charge in [-0.15, -0.1) is 0 Å². The van der Waals surface area contributed by atoms with Gasteiger partial charge in [-0.2, -0.15) is 0 Å². The quantitative estimate of drug-likeness (QED) is 0.827. The lowest BCUT2D eigenvalue weighted by Gasteiger charge is -2.12. The number of hydrogen-bond acceptors (Lipinski definition) is 3. The molecular formula is C12H17ClN2O. The van der Waals surface area contributed by atoms with Crippen LogP contribution >= 0.6 is 11.6 Å². The van der Waals surface area contributed by atoms with E-state index in [-0.39, 0.29) is 5.54 Å². The molecule has 0 aromatic heterocycles. The van der Waals surface area contributed by atoms with Crippen LogP contribution in [0.5, 0.6) is 5.75 Å².